The maximum Gasteiger partial charge on any atom is 0.330 e. The van der Waals surface area contributed by atoms with Crippen LogP contribution in [0.2, 0.25) is 0 Å². The Balaban J connectivity index is 2.21. The van der Waals surface area contributed by atoms with Crippen molar-refractivity contribution in [3.05, 3.63) is 28.2 Å². The van der Waals surface area contributed by atoms with E-state index in [-0.39, 0.29) is 12.5 Å². The molecule has 1 aliphatic rings. The monoisotopic (exact) mass is 326 g/mol. The summed E-state index contributed by atoms with van der Waals surface area (Å²) in [5.74, 6) is -0.609. The van der Waals surface area contributed by atoms with Crippen LogP contribution in [0.1, 0.15) is 5.56 Å². The smallest absolute Gasteiger partial charge is 0.330 e. The maximum atomic E-state index is 11.7. The van der Waals surface area contributed by atoms with E-state index in [2.05, 4.69) is 26.0 Å². The summed E-state index contributed by atoms with van der Waals surface area (Å²) in [4.78, 5) is 25.1. The topological polar surface area (TPSA) is 58.6 Å². The number of carbonyl (C=O) groups excluding carboxylic acids is 2. The van der Waals surface area contributed by atoms with Crippen LogP contribution in [0.3, 0.4) is 0 Å². The highest BCUT2D eigenvalue weighted by Gasteiger charge is 2.30. The number of benzene rings is 1. The number of esters is 1. The van der Waals surface area contributed by atoms with Crippen LogP contribution in [0.25, 0.3) is 0 Å². The third-order valence-electron chi connectivity index (χ3n) is 3.08. The molecule has 1 amide bonds. The zero-order valence-corrected chi connectivity index (χ0v) is 12.4. The molecular formula is C13H15BrN2O3. The van der Waals surface area contributed by atoms with Gasteiger partial charge in [0.25, 0.3) is 0 Å². The number of nitrogens with zero attached hydrogens (tertiary/aromatic N) is 1. The highest BCUT2D eigenvalue weighted by Crippen LogP contribution is 2.24. The highest BCUT2D eigenvalue weighted by atomic mass is 79.9. The van der Waals surface area contributed by atoms with Crippen molar-refractivity contribution in [1.29, 1.82) is 0 Å². The Labute approximate surface area is 120 Å². The average Bonchev–Trinajstić information content (AvgIpc) is 2.40. The van der Waals surface area contributed by atoms with Crippen LogP contribution in [0, 0.1) is 6.92 Å². The van der Waals surface area contributed by atoms with Gasteiger partial charge in [-0.3, -0.25) is 4.79 Å². The number of anilines is 1. The minimum Gasteiger partial charge on any atom is -0.467 e. The van der Waals surface area contributed by atoms with Crippen LogP contribution in [-0.2, 0) is 14.3 Å². The number of halogens is 1. The molecule has 0 aliphatic carbocycles. The molecule has 2 rings (SSSR count). The van der Waals surface area contributed by atoms with E-state index in [9.17, 15) is 9.59 Å². The number of hydrogen-bond donors (Lipinski definition) is 1. The Kier molecular flexibility index (Phi) is 4.09. The van der Waals surface area contributed by atoms with Gasteiger partial charge in [-0.15, -0.1) is 0 Å². The van der Waals surface area contributed by atoms with E-state index in [4.69, 9.17) is 0 Å². The lowest BCUT2D eigenvalue weighted by Crippen LogP contribution is -2.57. The molecule has 102 valence electrons. The van der Waals surface area contributed by atoms with Gasteiger partial charge in [0.05, 0.1) is 13.7 Å². The van der Waals surface area contributed by atoms with Gasteiger partial charge in [-0.25, -0.2) is 4.79 Å². The van der Waals surface area contributed by atoms with E-state index in [1.54, 1.807) is 0 Å². The molecule has 1 unspecified atom stereocenters. The molecule has 0 aromatic heterocycles. The standard InChI is InChI=1S/C13H15BrN2O3/c1-8-3-4-9(5-10(8)14)16-6-11(13(18)19-2)15-12(17)7-16/h3-5,11H,6-7H2,1-2H3,(H,15,17). The Bertz CT molecular complexity index is 519. The van der Waals surface area contributed by atoms with Crippen molar-refractivity contribution in [2.24, 2.45) is 0 Å². The Morgan fingerprint density at radius 1 is 1.53 bits per heavy atom. The van der Waals surface area contributed by atoms with E-state index in [0.29, 0.717) is 6.54 Å². The van der Waals surface area contributed by atoms with Crippen LogP contribution in [0.15, 0.2) is 22.7 Å². The molecule has 1 saturated heterocycles. The fourth-order valence-corrected chi connectivity index (χ4v) is 2.36. The normalized spacial score (nSPS) is 19.0. The lowest BCUT2D eigenvalue weighted by Gasteiger charge is -2.33. The number of aryl methyl sites for hydroxylation is 1. The second-order valence-corrected chi connectivity index (χ2v) is 5.31. The van der Waals surface area contributed by atoms with Gasteiger partial charge in [-0.2, -0.15) is 0 Å². The number of methoxy groups -OCH3 is 1. The first-order valence-corrected chi connectivity index (χ1v) is 6.69. The second-order valence-electron chi connectivity index (χ2n) is 4.46. The maximum absolute atomic E-state index is 11.7. The second kappa shape index (κ2) is 5.61. The third-order valence-corrected chi connectivity index (χ3v) is 3.93. The largest absolute Gasteiger partial charge is 0.467 e. The molecule has 0 bridgehead atoms. The number of hydrogen-bond acceptors (Lipinski definition) is 4. The summed E-state index contributed by atoms with van der Waals surface area (Å²) in [7, 11) is 1.32. The van der Waals surface area contributed by atoms with E-state index >= 15 is 0 Å². The molecular weight excluding hydrogens is 312 g/mol. The van der Waals surface area contributed by atoms with E-state index in [1.165, 1.54) is 7.11 Å². The average molecular weight is 327 g/mol. The Morgan fingerprint density at radius 2 is 2.26 bits per heavy atom. The number of nitrogens with one attached hydrogen (secondary N) is 1. The quantitative estimate of drug-likeness (QED) is 0.831. The third kappa shape index (κ3) is 3.07. The Hall–Kier alpha value is -1.56. The SMILES string of the molecule is COC(=O)C1CN(c2ccc(C)c(Br)c2)CC(=O)N1. The molecule has 1 fully saturated rings. The Morgan fingerprint density at radius 3 is 2.89 bits per heavy atom. The summed E-state index contributed by atoms with van der Waals surface area (Å²) in [5, 5.41) is 2.63. The molecule has 1 N–H and O–H groups in total. The highest BCUT2D eigenvalue weighted by molar-refractivity contribution is 9.10. The lowest BCUT2D eigenvalue weighted by atomic mass is 10.1. The molecule has 19 heavy (non-hydrogen) atoms. The van der Waals surface area contributed by atoms with Crippen molar-refractivity contribution in [3.63, 3.8) is 0 Å². The van der Waals surface area contributed by atoms with Gasteiger partial charge in [0.1, 0.15) is 6.04 Å². The molecule has 1 aromatic carbocycles. The number of ether oxygens (including phenoxy) is 1. The van der Waals surface area contributed by atoms with E-state index in [1.807, 2.05) is 30.0 Å². The molecule has 0 radical (unpaired) electrons. The van der Waals surface area contributed by atoms with Crippen LogP contribution in [0.4, 0.5) is 5.69 Å². The zero-order valence-electron chi connectivity index (χ0n) is 10.8. The van der Waals surface area contributed by atoms with E-state index in [0.717, 1.165) is 15.7 Å². The van der Waals surface area contributed by atoms with Crippen molar-refractivity contribution >= 4 is 33.5 Å². The minimum absolute atomic E-state index is 0.182. The van der Waals surface area contributed by atoms with Gasteiger partial charge in [-0.05, 0) is 24.6 Å². The molecule has 0 saturated carbocycles. The summed E-state index contributed by atoms with van der Waals surface area (Å²) >= 11 is 3.47. The zero-order chi connectivity index (χ0) is 14.0. The first-order valence-electron chi connectivity index (χ1n) is 5.89. The summed E-state index contributed by atoms with van der Waals surface area (Å²) < 4.78 is 5.65. The van der Waals surface area contributed by atoms with E-state index < -0.39 is 12.0 Å². The number of amides is 1. The van der Waals surface area contributed by atoms with Gasteiger partial charge in [0.15, 0.2) is 0 Å². The van der Waals surface area contributed by atoms with Crippen molar-refractivity contribution in [1.82, 2.24) is 5.32 Å². The van der Waals surface area contributed by atoms with Gasteiger partial charge in [0, 0.05) is 16.7 Å². The first-order chi connectivity index (χ1) is 9.01. The van der Waals surface area contributed by atoms with Crippen molar-refractivity contribution < 1.29 is 14.3 Å². The van der Waals surface area contributed by atoms with Gasteiger partial charge >= 0.3 is 5.97 Å². The molecule has 1 atom stereocenters. The van der Waals surface area contributed by atoms with Crippen LogP contribution in [-0.4, -0.2) is 38.1 Å². The van der Waals surface area contributed by atoms with Gasteiger partial charge in [-0.1, -0.05) is 22.0 Å². The van der Waals surface area contributed by atoms with Crippen molar-refractivity contribution in [2.75, 3.05) is 25.1 Å². The number of carbonyl (C=O) groups is 2. The first kappa shape index (κ1) is 13.9. The molecule has 1 heterocycles. The van der Waals surface area contributed by atoms with Gasteiger partial charge in [0.2, 0.25) is 5.91 Å². The molecule has 5 nitrogen and oxygen atoms in total. The van der Waals surface area contributed by atoms with Crippen molar-refractivity contribution in [2.45, 2.75) is 13.0 Å². The van der Waals surface area contributed by atoms with Crippen molar-refractivity contribution in [3.8, 4) is 0 Å². The molecule has 1 aliphatic heterocycles. The summed E-state index contributed by atoms with van der Waals surface area (Å²) in [6, 6.07) is 5.24. The summed E-state index contributed by atoms with van der Waals surface area (Å²) in [6.45, 7) is 2.64. The predicted molar refractivity (Wildman–Crippen MR) is 75.0 cm³/mol. The summed E-state index contributed by atoms with van der Waals surface area (Å²) in [5.41, 5.74) is 2.02. The van der Waals surface area contributed by atoms with Crippen LogP contribution in [0.5, 0.6) is 0 Å². The predicted octanol–water partition coefficient (Wildman–Crippen LogP) is 1.24. The van der Waals surface area contributed by atoms with Crippen LogP contribution >= 0.6 is 15.9 Å². The fourth-order valence-electron chi connectivity index (χ4n) is 1.99. The number of rotatable bonds is 2. The summed E-state index contributed by atoms with van der Waals surface area (Å²) in [6.07, 6.45) is 0. The molecule has 1 aromatic rings. The van der Waals surface area contributed by atoms with Crippen LogP contribution < -0.4 is 10.2 Å². The molecule has 0 spiro atoms. The lowest BCUT2D eigenvalue weighted by molar-refractivity contribution is -0.145. The minimum atomic E-state index is -0.619. The number of piperazine rings is 1. The molecule has 6 heteroatoms. The fraction of sp³-hybridized carbons (Fsp3) is 0.385. The van der Waals surface area contributed by atoms with Gasteiger partial charge < -0.3 is 15.0 Å².